The molecule has 0 aliphatic heterocycles. The van der Waals surface area contributed by atoms with Crippen molar-refractivity contribution in [1.82, 2.24) is 4.98 Å². The van der Waals surface area contributed by atoms with Crippen LogP contribution in [0.1, 0.15) is 12.8 Å². The lowest BCUT2D eigenvalue weighted by Crippen LogP contribution is -1.98. The van der Waals surface area contributed by atoms with Gasteiger partial charge in [-0.15, -0.1) is 0 Å². The summed E-state index contributed by atoms with van der Waals surface area (Å²) in [5, 5.41) is 0. The van der Waals surface area contributed by atoms with E-state index in [4.69, 9.17) is 4.74 Å². The van der Waals surface area contributed by atoms with Crippen LogP contribution in [0.5, 0.6) is 5.75 Å². The molecule has 0 N–H and O–H groups in total. The number of hydrogen-bond donors (Lipinski definition) is 0. The Bertz CT molecular complexity index is 218. The van der Waals surface area contributed by atoms with Crippen molar-refractivity contribution in [2.75, 3.05) is 6.61 Å². The van der Waals surface area contributed by atoms with Crippen molar-refractivity contribution in [3.8, 4) is 5.75 Å². The lowest BCUT2D eigenvalue weighted by atomic mass is 10.4. The molecule has 0 atom stereocenters. The van der Waals surface area contributed by atoms with E-state index in [9.17, 15) is 0 Å². The van der Waals surface area contributed by atoms with E-state index in [0.717, 1.165) is 18.3 Å². The molecule has 0 unspecified atom stereocenters. The molecule has 1 radical (unpaired) electrons. The summed E-state index contributed by atoms with van der Waals surface area (Å²) in [5.74, 6) is 1.66. The highest BCUT2D eigenvalue weighted by Crippen LogP contribution is 2.29. The predicted octanol–water partition coefficient (Wildman–Crippen LogP) is 1.67. The van der Waals surface area contributed by atoms with Crippen LogP contribution in [0, 0.1) is 12.1 Å². The number of hydrogen-bond acceptors (Lipinski definition) is 2. The molecular weight excluding hydrogens is 138 g/mol. The van der Waals surface area contributed by atoms with Gasteiger partial charge in [0, 0.05) is 0 Å². The second-order valence-corrected chi connectivity index (χ2v) is 2.88. The van der Waals surface area contributed by atoms with Gasteiger partial charge in [-0.2, -0.15) is 0 Å². The first kappa shape index (κ1) is 6.65. The topological polar surface area (TPSA) is 22.1 Å². The Morgan fingerprint density at radius 2 is 2.55 bits per heavy atom. The zero-order chi connectivity index (χ0) is 7.52. The second kappa shape index (κ2) is 2.91. The number of nitrogens with zero attached hydrogens (tertiary/aromatic N) is 1. The van der Waals surface area contributed by atoms with Crippen molar-refractivity contribution in [3.05, 3.63) is 24.5 Å². The van der Waals surface area contributed by atoms with E-state index in [1.54, 1.807) is 12.3 Å². The molecule has 57 valence electrons. The van der Waals surface area contributed by atoms with Crippen molar-refractivity contribution in [3.63, 3.8) is 0 Å². The summed E-state index contributed by atoms with van der Waals surface area (Å²) in [6, 6.07) is 3.65. The molecule has 0 amide bonds. The first-order valence-electron chi connectivity index (χ1n) is 3.90. The van der Waals surface area contributed by atoms with Gasteiger partial charge in [0.2, 0.25) is 0 Å². The van der Waals surface area contributed by atoms with Crippen molar-refractivity contribution in [2.24, 2.45) is 5.92 Å². The fourth-order valence-corrected chi connectivity index (χ4v) is 0.890. The minimum Gasteiger partial charge on any atom is -0.492 e. The summed E-state index contributed by atoms with van der Waals surface area (Å²) >= 11 is 0. The number of aromatic nitrogens is 1. The maximum absolute atomic E-state index is 5.45. The lowest BCUT2D eigenvalue weighted by molar-refractivity contribution is 0.298. The van der Waals surface area contributed by atoms with Crippen LogP contribution in [0.15, 0.2) is 18.3 Å². The molecule has 1 aromatic heterocycles. The first-order chi connectivity index (χ1) is 5.45. The third-order valence-corrected chi connectivity index (χ3v) is 1.77. The third kappa shape index (κ3) is 1.93. The summed E-state index contributed by atoms with van der Waals surface area (Å²) in [6.45, 7) is 0.853. The minimum atomic E-state index is 0.805. The van der Waals surface area contributed by atoms with Gasteiger partial charge >= 0.3 is 0 Å². The Hall–Kier alpha value is -1.05. The van der Waals surface area contributed by atoms with Gasteiger partial charge < -0.3 is 4.74 Å². The number of rotatable bonds is 3. The third-order valence-electron chi connectivity index (χ3n) is 1.77. The summed E-state index contributed by atoms with van der Waals surface area (Å²) in [4.78, 5) is 3.83. The molecule has 1 fully saturated rings. The average molecular weight is 148 g/mol. The van der Waals surface area contributed by atoms with Crippen LogP contribution in [0.4, 0.5) is 0 Å². The quantitative estimate of drug-likeness (QED) is 0.650. The second-order valence-electron chi connectivity index (χ2n) is 2.88. The molecule has 2 rings (SSSR count). The largest absolute Gasteiger partial charge is 0.492 e. The van der Waals surface area contributed by atoms with E-state index in [-0.39, 0.29) is 0 Å². The smallest absolute Gasteiger partial charge is 0.137 e. The molecule has 1 heterocycles. The van der Waals surface area contributed by atoms with E-state index >= 15 is 0 Å². The van der Waals surface area contributed by atoms with Gasteiger partial charge in [-0.05, 0) is 30.9 Å². The monoisotopic (exact) mass is 148 g/mol. The SMILES string of the molecule is [c]1ccc(OCC2CC2)cn1. The fraction of sp³-hybridized carbons (Fsp3) is 0.444. The van der Waals surface area contributed by atoms with E-state index < -0.39 is 0 Å². The van der Waals surface area contributed by atoms with Gasteiger partial charge in [0.15, 0.2) is 0 Å². The molecule has 11 heavy (non-hydrogen) atoms. The Balaban J connectivity index is 1.85. The van der Waals surface area contributed by atoms with Crippen LogP contribution >= 0.6 is 0 Å². The summed E-state index contributed by atoms with van der Waals surface area (Å²) in [7, 11) is 0. The molecule has 2 nitrogen and oxygen atoms in total. The van der Waals surface area contributed by atoms with Crippen LogP contribution in [0.2, 0.25) is 0 Å². The molecule has 0 bridgehead atoms. The fourth-order valence-electron chi connectivity index (χ4n) is 0.890. The highest BCUT2D eigenvalue weighted by Gasteiger charge is 2.21. The standard InChI is InChI=1S/C9H10NO/c1-2-9(6-10-5-1)11-7-8-3-4-8/h1-2,6,8H,3-4,7H2. The molecule has 1 aliphatic rings. The molecule has 1 saturated carbocycles. The highest BCUT2D eigenvalue weighted by molar-refractivity contribution is 5.14. The van der Waals surface area contributed by atoms with Crippen LogP contribution in [-0.4, -0.2) is 11.6 Å². The molecular formula is C9H10NO. The Kier molecular flexibility index (Phi) is 1.76. The molecule has 0 saturated heterocycles. The van der Waals surface area contributed by atoms with E-state index in [1.807, 2.05) is 6.07 Å². The van der Waals surface area contributed by atoms with Crippen molar-refractivity contribution in [1.29, 1.82) is 0 Å². The van der Waals surface area contributed by atoms with Gasteiger partial charge in [0.1, 0.15) is 5.75 Å². The first-order valence-corrected chi connectivity index (χ1v) is 3.90. The maximum atomic E-state index is 5.45. The summed E-state index contributed by atoms with van der Waals surface area (Å²) < 4.78 is 5.45. The van der Waals surface area contributed by atoms with Crippen LogP contribution in [0.3, 0.4) is 0 Å². The lowest BCUT2D eigenvalue weighted by Gasteiger charge is -2.02. The van der Waals surface area contributed by atoms with Crippen molar-refractivity contribution >= 4 is 0 Å². The Labute approximate surface area is 66.2 Å². The van der Waals surface area contributed by atoms with Crippen LogP contribution < -0.4 is 4.74 Å². The van der Waals surface area contributed by atoms with E-state index in [0.29, 0.717) is 0 Å². The zero-order valence-electron chi connectivity index (χ0n) is 6.29. The Morgan fingerprint density at radius 1 is 1.64 bits per heavy atom. The predicted molar refractivity (Wildman–Crippen MR) is 41.3 cm³/mol. The minimum absolute atomic E-state index is 0.805. The molecule has 1 aliphatic carbocycles. The molecule has 2 heteroatoms. The average Bonchev–Trinajstić information content (AvgIpc) is 2.86. The van der Waals surface area contributed by atoms with Gasteiger partial charge in [-0.1, -0.05) is 0 Å². The number of ether oxygens (including phenoxy) is 1. The van der Waals surface area contributed by atoms with Crippen LogP contribution in [0.25, 0.3) is 0 Å². The highest BCUT2D eigenvalue weighted by atomic mass is 16.5. The molecule has 0 aromatic carbocycles. The summed E-state index contributed by atoms with van der Waals surface area (Å²) in [6.07, 6.45) is 7.05. The molecule has 1 aromatic rings. The van der Waals surface area contributed by atoms with E-state index in [1.165, 1.54) is 12.8 Å². The van der Waals surface area contributed by atoms with Crippen molar-refractivity contribution in [2.45, 2.75) is 12.8 Å². The summed E-state index contributed by atoms with van der Waals surface area (Å²) in [5.41, 5.74) is 0. The van der Waals surface area contributed by atoms with Gasteiger partial charge in [-0.3, -0.25) is 4.98 Å². The van der Waals surface area contributed by atoms with Gasteiger partial charge in [0.05, 0.1) is 19.0 Å². The Morgan fingerprint density at radius 3 is 3.18 bits per heavy atom. The van der Waals surface area contributed by atoms with Crippen molar-refractivity contribution < 1.29 is 4.74 Å². The van der Waals surface area contributed by atoms with E-state index in [2.05, 4.69) is 11.2 Å². The number of pyridine rings is 1. The van der Waals surface area contributed by atoms with Crippen LogP contribution in [-0.2, 0) is 0 Å². The van der Waals surface area contributed by atoms with Gasteiger partial charge in [-0.25, -0.2) is 0 Å². The zero-order valence-corrected chi connectivity index (χ0v) is 6.29. The van der Waals surface area contributed by atoms with Gasteiger partial charge in [0.25, 0.3) is 0 Å². The molecule has 0 spiro atoms. The normalized spacial score (nSPS) is 16.4. The maximum Gasteiger partial charge on any atom is 0.137 e.